The molecule has 6 heteroatoms. The van der Waals surface area contributed by atoms with Gasteiger partial charge in [0.1, 0.15) is 0 Å². The van der Waals surface area contributed by atoms with Crippen LogP contribution in [0.15, 0.2) is 0 Å². The van der Waals surface area contributed by atoms with E-state index in [1.54, 1.807) is 0 Å². The van der Waals surface area contributed by atoms with E-state index in [4.69, 9.17) is 9.47 Å². The quantitative estimate of drug-likeness (QED) is 0.770. The van der Waals surface area contributed by atoms with Crippen LogP contribution in [0.2, 0.25) is 0 Å². The second kappa shape index (κ2) is 4.45. The van der Waals surface area contributed by atoms with Crippen LogP contribution in [0.4, 0.5) is 8.39 Å². The molecule has 16 heavy (non-hydrogen) atoms. The van der Waals surface area contributed by atoms with Gasteiger partial charge in [-0.3, -0.25) is 0 Å². The molecule has 2 unspecified atom stereocenters. The van der Waals surface area contributed by atoms with Crippen LogP contribution in [0.1, 0.15) is 38.5 Å². The number of hydrogen-bond acceptors (Lipinski definition) is 3. The van der Waals surface area contributed by atoms with Crippen molar-refractivity contribution in [2.24, 2.45) is 0 Å². The van der Waals surface area contributed by atoms with Crippen LogP contribution < -0.4 is 0 Å². The first-order valence-electron chi connectivity index (χ1n) is 5.92. The molecule has 0 radical (unpaired) electrons. The first-order valence-corrected chi connectivity index (χ1v) is 8.03. The van der Waals surface area contributed by atoms with Crippen molar-refractivity contribution in [3.8, 4) is 0 Å². The molecule has 3 nitrogen and oxygen atoms in total. The summed E-state index contributed by atoms with van der Waals surface area (Å²) in [6.07, 6.45) is 3.50. The number of halogens is 2. The van der Waals surface area contributed by atoms with Gasteiger partial charge in [-0.1, -0.05) is 0 Å². The molecular weight excluding hydrogens is 237 g/mol. The molecule has 0 saturated carbocycles. The van der Waals surface area contributed by atoms with Crippen molar-refractivity contribution >= 4 is 7.45 Å². The SMILES string of the molecule is OP(F)(F)(C1CCCCO1)C1CCCCO1. The zero-order chi connectivity index (χ0) is 11.7. The van der Waals surface area contributed by atoms with Crippen molar-refractivity contribution in [2.75, 3.05) is 13.2 Å². The van der Waals surface area contributed by atoms with Gasteiger partial charge in [0.15, 0.2) is 0 Å². The van der Waals surface area contributed by atoms with Crippen LogP contribution in [0, 0.1) is 0 Å². The second-order valence-electron chi connectivity index (χ2n) is 4.63. The summed E-state index contributed by atoms with van der Waals surface area (Å²) in [6, 6.07) is 0. The van der Waals surface area contributed by atoms with Gasteiger partial charge in [-0.15, -0.1) is 0 Å². The Balaban J connectivity index is 2.10. The average molecular weight is 256 g/mol. The van der Waals surface area contributed by atoms with Gasteiger partial charge < -0.3 is 0 Å². The predicted molar refractivity (Wildman–Crippen MR) is 58.5 cm³/mol. The van der Waals surface area contributed by atoms with E-state index >= 15 is 0 Å². The summed E-state index contributed by atoms with van der Waals surface area (Å²) in [5.74, 6) is -2.58. The number of ether oxygens (including phenoxy) is 2. The normalized spacial score (nSPS) is 35.3. The first kappa shape index (κ1) is 12.6. The van der Waals surface area contributed by atoms with E-state index in [2.05, 4.69) is 0 Å². The van der Waals surface area contributed by atoms with E-state index < -0.39 is 19.1 Å². The predicted octanol–water partition coefficient (Wildman–Crippen LogP) is 3.27. The molecule has 96 valence electrons. The van der Waals surface area contributed by atoms with E-state index in [1.807, 2.05) is 0 Å². The van der Waals surface area contributed by atoms with Gasteiger partial charge in [-0.05, 0) is 0 Å². The van der Waals surface area contributed by atoms with Crippen LogP contribution in [0.3, 0.4) is 0 Å². The minimum absolute atomic E-state index is 0.251. The first-order chi connectivity index (χ1) is 7.49. The van der Waals surface area contributed by atoms with Crippen molar-refractivity contribution < 1.29 is 22.8 Å². The molecule has 1 N–H and O–H groups in total. The number of hydrogen-bond donors (Lipinski definition) is 1. The molecular formula is C10H19F2O3P. The maximum absolute atomic E-state index is 14.3. The Labute approximate surface area is 94.4 Å². The molecule has 0 bridgehead atoms. The van der Waals surface area contributed by atoms with Crippen LogP contribution in [0.25, 0.3) is 0 Å². The minimum atomic E-state index is -5.82. The molecule has 0 spiro atoms. The third-order valence-electron chi connectivity index (χ3n) is 3.34. The third-order valence-corrected chi connectivity index (χ3v) is 6.20. The molecule has 0 aromatic heterocycles. The molecule has 2 rings (SSSR count). The van der Waals surface area contributed by atoms with Crippen molar-refractivity contribution in [3.63, 3.8) is 0 Å². The van der Waals surface area contributed by atoms with Crippen LogP contribution in [-0.2, 0) is 9.47 Å². The Morgan fingerprint density at radius 2 is 1.31 bits per heavy atom. The van der Waals surface area contributed by atoms with E-state index in [9.17, 15) is 13.3 Å². The zero-order valence-electron chi connectivity index (χ0n) is 9.28. The summed E-state index contributed by atoms with van der Waals surface area (Å²) in [6.45, 7) is 0.646. The monoisotopic (exact) mass is 256 g/mol. The Bertz CT molecular complexity index is 220. The summed E-state index contributed by atoms with van der Waals surface area (Å²) in [7, 11) is -5.82. The number of rotatable bonds is 2. The van der Waals surface area contributed by atoms with Gasteiger partial charge in [-0.2, -0.15) is 0 Å². The summed E-state index contributed by atoms with van der Waals surface area (Å²) < 4.78 is 38.8. The fourth-order valence-corrected chi connectivity index (χ4v) is 4.76. The Hall–Kier alpha value is 0.170. The molecule has 0 aliphatic carbocycles. The van der Waals surface area contributed by atoms with Crippen molar-refractivity contribution in [1.29, 1.82) is 0 Å². The molecule has 2 atom stereocenters. The topological polar surface area (TPSA) is 38.7 Å². The molecule has 0 amide bonds. The zero-order valence-corrected chi connectivity index (χ0v) is 10.2. The molecule has 0 aromatic carbocycles. The molecule has 2 saturated heterocycles. The fraction of sp³-hybridized carbons (Fsp3) is 1.00. The van der Waals surface area contributed by atoms with Crippen molar-refractivity contribution in [2.45, 2.75) is 50.2 Å². The van der Waals surface area contributed by atoms with Gasteiger partial charge in [0, 0.05) is 0 Å². The Morgan fingerprint density at radius 3 is 1.62 bits per heavy atom. The van der Waals surface area contributed by atoms with Gasteiger partial charge in [0.25, 0.3) is 0 Å². The van der Waals surface area contributed by atoms with Gasteiger partial charge in [-0.25, -0.2) is 0 Å². The van der Waals surface area contributed by atoms with E-state index in [0.29, 0.717) is 26.1 Å². The van der Waals surface area contributed by atoms with E-state index in [1.165, 1.54) is 0 Å². The molecule has 2 heterocycles. The summed E-state index contributed by atoms with van der Waals surface area (Å²) >= 11 is 0. The van der Waals surface area contributed by atoms with Gasteiger partial charge in [0.05, 0.1) is 0 Å². The van der Waals surface area contributed by atoms with Gasteiger partial charge >= 0.3 is 93.6 Å². The van der Waals surface area contributed by atoms with Crippen LogP contribution in [0.5, 0.6) is 0 Å². The Morgan fingerprint density at radius 1 is 0.875 bits per heavy atom. The summed E-state index contributed by atoms with van der Waals surface area (Å²) in [4.78, 5) is 9.78. The van der Waals surface area contributed by atoms with Crippen molar-refractivity contribution in [3.05, 3.63) is 0 Å². The fourth-order valence-electron chi connectivity index (χ4n) is 2.36. The summed E-state index contributed by atoms with van der Waals surface area (Å²) in [5, 5.41) is 0. The van der Waals surface area contributed by atoms with Crippen molar-refractivity contribution in [1.82, 2.24) is 0 Å². The molecule has 2 fully saturated rings. The standard InChI is InChI=1S/C10H19F2O3P/c11-16(12,13,9-5-1-3-7-14-9)10-6-2-4-8-15-10/h9-10,13H,1-8H2. The van der Waals surface area contributed by atoms with Crippen LogP contribution in [-0.4, -0.2) is 29.8 Å². The second-order valence-corrected chi connectivity index (χ2v) is 7.75. The molecule has 2 aliphatic rings. The summed E-state index contributed by atoms with van der Waals surface area (Å²) in [5.41, 5.74) is 0. The third kappa shape index (κ3) is 2.37. The Kier molecular flexibility index (Phi) is 3.51. The average Bonchev–Trinajstić information content (AvgIpc) is 2.31. The maximum atomic E-state index is 14.3. The molecule has 0 aromatic rings. The van der Waals surface area contributed by atoms with E-state index in [0.717, 1.165) is 12.8 Å². The van der Waals surface area contributed by atoms with Gasteiger partial charge in [0.2, 0.25) is 0 Å². The molecule has 2 aliphatic heterocycles. The van der Waals surface area contributed by atoms with Crippen LogP contribution >= 0.6 is 7.45 Å². The van der Waals surface area contributed by atoms with E-state index in [-0.39, 0.29) is 12.8 Å².